The lowest BCUT2D eigenvalue weighted by Crippen LogP contribution is -2.08. The van der Waals surface area contributed by atoms with Gasteiger partial charge in [0.2, 0.25) is 0 Å². The molecule has 0 radical (unpaired) electrons. The lowest BCUT2D eigenvalue weighted by molar-refractivity contribution is 0.612. The smallest absolute Gasteiger partial charge is 0.129 e. The van der Waals surface area contributed by atoms with Crippen LogP contribution in [0.4, 0.5) is 10.1 Å². The number of anilines is 1. The van der Waals surface area contributed by atoms with Gasteiger partial charge in [0, 0.05) is 6.20 Å². The largest absolute Gasteiger partial charge is 0.376 e. The Bertz CT molecular complexity index is 586. The van der Waals surface area contributed by atoms with Crippen LogP contribution in [0.25, 0.3) is 0 Å². The second kappa shape index (κ2) is 4.69. The molecule has 92 valence electrons. The van der Waals surface area contributed by atoms with Gasteiger partial charge in [-0.25, -0.2) is 9.37 Å². The Labute approximate surface area is 113 Å². The Hall–Kier alpha value is -1.42. The quantitative estimate of drug-likeness (QED) is 0.846. The van der Waals surface area contributed by atoms with Gasteiger partial charge in [-0.2, -0.15) is 0 Å². The number of halogens is 2. The summed E-state index contributed by atoms with van der Waals surface area (Å²) in [6, 6.07) is 9.31. The minimum absolute atomic E-state index is 0.0953. The van der Waals surface area contributed by atoms with Crippen LogP contribution in [0.5, 0.6) is 0 Å². The molecule has 0 aliphatic heterocycles. The molecule has 1 aromatic heterocycles. The minimum Gasteiger partial charge on any atom is -0.376 e. The van der Waals surface area contributed by atoms with Crippen molar-refractivity contribution in [1.29, 1.82) is 0 Å². The van der Waals surface area contributed by atoms with Gasteiger partial charge in [0.25, 0.3) is 0 Å². The summed E-state index contributed by atoms with van der Waals surface area (Å²) < 4.78 is 14.4. The Morgan fingerprint density at radius 1 is 1.28 bits per heavy atom. The van der Waals surface area contributed by atoms with Crippen molar-refractivity contribution in [3.63, 3.8) is 0 Å². The van der Waals surface area contributed by atoms with Crippen molar-refractivity contribution in [2.45, 2.75) is 18.9 Å². The van der Waals surface area contributed by atoms with E-state index in [4.69, 9.17) is 0 Å². The van der Waals surface area contributed by atoms with Crippen LogP contribution in [0.1, 0.15) is 23.6 Å². The fourth-order valence-corrected chi connectivity index (χ4v) is 2.81. The predicted octanol–water partition coefficient (Wildman–Crippen LogP) is 4.08. The lowest BCUT2D eigenvalue weighted by atomic mass is 10.1. The number of nitrogens with zero attached hydrogens (tertiary/aromatic N) is 1. The molecule has 0 amide bonds. The van der Waals surface area contributed by atoms with Crippen molar-refractivity contribution in [3.05, 3.63) is 58.1 Å². The molecular formula is C14H12BrFN2. The third kappa shape index (κ3) is 2.01. The van der Waals surface area contributed by atoms with Crippen LogP contribution in [0.15, 0.2) is 41.1 Å². The maximum absolute atomic E-state index is 13.6. The van der Waals surface area contributed by atoms with Gasteiger partial charge in [-0.1, -0.05) is 12.1 Å². The van der Waals surface area contributed by atoms with Crippen molar-refractivity contribution >= 4 is 21.6 Å². The summed E-state index contributed by atoms with van der Waals surface area (Å²) in [5.41, 5.74) is 2.85. The van der Waals surface area contributed by atoms with Gasteiger partial charge in [0.15, 0.2) is 0 Å². The summed E-state index contributed by atoms with van der Waals surface area (Å²) in [4.78, 5) is 4.17. The maximum atomic E-state index is 13.6. The molecule has 0 spiro atoms. The number of hydrogen-bond donors (Lipinski definition) is 1. The van der Waals surface area contributed by atoms with Crippen molar-refractivity contribution in [2.75, 3.05) is 5.32 Å². The Balaban J connectivity index is 1.90. The lowest BCUT2D eigenvalue weighted by Gasteiger charge is -2.16. The van der Waals surface area contributed by atoms with E-state index in [0.29, 0.717) is 0 Å². The van der Waals surface area contributed by atoms with Crippen molar-refractivity contribution in [2.24, 2.45) is 0 Å². The number of fused-ring (bicyclic) bond motifs is 1. The third-order valence-corrected chi connectivity index (χ3v) is 3.93. The molecule has 1 aliphatic carbocycles. The van der Waals surface area contributed by atoms with Crippen LogP contribution in [0.3, 0.4) is 0 Å². The van der Waals surface area contributed by atoms with Crippen LogP contribution in [-0.2, 0) is 6.42 Å². The van der Waals surface area contributed by atoms with Crippen molar-refractivity contribution in [1.82, 2.24) is 4.98 Å². The van der Waals surface area contributed by atoms with Gasteiger partial charge in [0.1, 0.15) is 10.4 Å². The summed E-state index contributed by atoms with van der Waals surface area (Å²) in [5, 5.41) is 3.42. The first-order valence-electron chi connectivity index (χ1n) is 5.90. The highest BCUT2D eigenvalue weighted by molar-refractivity contribution is 9.10. The van der Waals surface area contributed by atoms with E-state index in [1.54, 1.807) is 12.3 Å². The Morgan fingerprint density at radius 2 is 2.17 bits per heavy atom. The number of benzene rings is 1. The molecule has 4 heteroatoms. The zero-order valence-corrected chi connectivity index (χ0v) is 11.2. The molecule has 0 fully saturated rings. The van der Waals surface area contributed by atoms with Gasteiger partial charge >= 0.3 is 0 Å². The normalized spacial score (nSPS) is 17.6. The molecule has 1 unspecified atom stereocenters. The standard InChI is InChI=1S/C14H12BrFN2/c15-14-13(5-2-8-17-14)18-12-7-6-9-10(12)3-1-4-11(9)16/h1-5,8,12,18H,6-7H2. The monoisotopic (exact) mass is 306 g/mol. The molecule has 1 aromatic carbocycles. The molecule has 0 saturated carbocycles. The molecule has 18 heavy (non-hydrogen) atoms. The minimum atomic E-state index is -0.0953. The van der Waals surface area contributed by atoms with Gasteiger partial charge in [0.05, 0.1) is 11.7 Å². The van der Waals surface area contributed by atoms with Crippen LogP contribution >= 0.6 is 15.9 Å². The molecular weight excluding hydrogens is 295 g/mol. The zero-order chi connectivity index (χ0) is 12.5. The fourth-order valence-electron chi connectivity index (χ4n) is 2.44. The van der Waals surface area contributed by atoms with Crippen LogP contribution in [0.2, 0.25) is 0 Å². The van der Waals surface area contributed by atoms with Gasteiger partial charge in [-0.05, 0) is 58.1 Å². The molecule has 0 bridgehead atoms. The first kappa shape index (κ1) is 11.7. The van der Waals surface area contributed by atoms with E-state index >= 15 is 0 Å². The average molecular weight is 307 g/mol. The SMILES string of the molecule is Fc1cccc2c1CCC2Nc1cccnc1Br. The molecule has 1 N–H and O–H groups in total. The van der Waals surface area contributed by atoms with Crippen LogP contribution < -0.4 is 5.32 Å². The molecule has 0 saturated heterocycles. The van der Waals surface area contributed by atoms with E-state index in [-0.39, 0.29) is 11.9 Å². The van der Waals surface area contributed by atoms with E-state index in [2.05, 4.69) is 26.2 Å². The Kier molecular flexibility index (Phi) is 3.04. The van der Waals surface area contributed by atoms with Gasteiger partial charge in [-0.15, -0.1) is 0 Å². The predicted molar refractivity (Wildman–Crippen MR) is 73.0 cm³/mol. The topological polar surface area (TPSA) is 24.9 Å². The summed E-state index contributed by atoms with van der Waals surface area (Å²) in [7, 11) is 0. The van der Waals surface area contributed by atoms with E-state index in [9.17, 15) is 4.39 Å². The van der Waals surface area contributed by atoms with E-state index in [0.717, 1.165) is 34.3 Å². The maximum Gasteiger partial charge on any atom is 0.129 e. The molecule has 1 aliphatic rings. The van der Waals surface area contributed by atoms with E-state index < -0.39 is 0 Å². The summed E-state index contributed by atoms with van der Waals surface area (Å²) in [6.07, 6.45) is 3.44. The summed E-state index contributed by atoms with van der Waals surface area (Å²) >= 11 is 3.41. The molecule has 2 aromatic rings. The average Bonchev–Trinajstić information content (AvgIpc) is 2.77. The second-order valence-electron chi connectivity index (χ2n) is 4.38. The molecule has 2 nitrogen and oxygen atoms in total. The number of rotatable bonds is 2. The molecule has 1 atom stereocenters. The van der Waals surface area contributed by atoms with E-state index in [1.165, 1.54) is 6.07 Å². The highest BCUT2D eigenvalue weighted by atomic mass is 79.9. The molecule has 3 rings (SSSR count). The summed E-state index contributed by atoms with van der Waals surface area (Å²) in [6.45, 7) is 0. The van der Waals surface area contributed by atoms with Crippen LogP contribution in [-0.4, -0.2) is 4.98 Å². The Morgan fingerprint density at radius 3 is 3.00 bits per heavy atom. The highest BCUT2D eigenvalue weighted by Crippen LogP contribution is 2.36. The van der Waals surface area contributed by atoms with Crippen LogP contribution in [0, 0.1) is 5.82 Å². The number of nitrogens with one attached hydrogen (secondary N) is 1. The highest BCUT2D eigenvalue weighted by Gasteiger charge is 2.25. The number of pyridine rings is 1. The number of aromatic nitrogens is 1. The van der Waals surface area contributed by atoms with Gasteiger partial charge < -0.3 is 5.32 Å². The zero-order valence-electron chi connectivity index (χ0n) is 9.66. The fraction of sp³-hybridized carbons (Fsp3) is 0.214. The summed E-state index contributed by atoms with van der Waals surface area (Å²) in [5.74, 6) is -0.0953. The first-order valence-corrected chi connectivity index (χ1v) is 6.69. The number of hydrogen-bond acceptors (Lipinski definition) is 2. The van der Waals surface area contributed by atoms with Gasteiger partial charge in [-0.3, -0.25) is 0 Å². The molecule has 1 heterocycles. The first-order chi connectivity index (χ1) is 8.75. The van der Waals surface area contributed by atoms with Crippen molar-refractivity contribution in [3.8, 4) is 0 Å². The van der Waals surface area contributed by atoms with E-state index in [1.807, 2.05) is 18.2 Å². The second-order valence-corrected chi connectivity index (χ2v) is 5.14. The van der Waals surface area contributed by atoms with Crippen molar-refractivity contribution < 1.29 is 4.39 Å². The third-order valence-electron chi connectivity index (χ3n) is 3.30.